The standard InChI is InChI=1S/C12H20N2O2S2/c1-14(8-6-12-5-3-9-17-12)18(15,16)10-11-4-2-7-13-11/h3,5,9,11,13H,2,4,6-8,10H2,1H3. The highest BCUT2D eigenvalue weighted by atomic mass is 32.2. The van der Waals surface area contributed by atoms with Crippen molar-refractivity contribution in [3.8, 4) is 0 Å². The number of nitrogens with zero attached hydrogens (tertiary/aromatic N) is 1. The average Bonchev–Trinajstić information content (AvgIpc) is 2.97. The van der Waals surface area contributed by atoms with E-state index in [4.69, 9.17) is 0 Å². The van der Waals surface area contributed by atoms with E-state index >= 15 is 0 Å². The average molecular weight is 288 g/mol. The number of thiophene rings is 1. The highest BCUT2D eigenvalue weighted by molar-refractivity contribution is 7.89. The van der Waals surface area contributed by atoms with Crippen molar-refractivity contribution in [2.24, 2.45) is 0 Å². The minimum Gasteiger partial charge on any atom is -0.313 e. The SMILES string of the molecule is CN(CCc1cccs1)S(=O)(=O)CC1CCCN1. The Bertz CT molecular complexity index is 450. The molecule has 0 radical (unpaired) electrons. The van der Waals surface area contributed by atoms with Crippen LogP contribution in [0.5, 0.6) is 0 Å². The summed E-state index contributed by atoms with van der Waals surface area (Å²) in [6.45, 7) is 1.51. The normalized spacial score (nSPS) is 20.7. The third-order valence-electron chi connectivity index (χ3n) is 3.30. The monoisotopic (exact) mass is 288 g/mol. The summed E-state index contributed by atoms with van der Waals surface area (Å²) in [6, 6.07) is 4.18. The maximum absolute atomic E-state index is 12.1. The van der Waals surface area contributed by atoms with Gasteiger partial charge in [0.1, 0.15) is 0 Å². The number of nitrogens with one attached hydrogen (secondary N) is 1. The molecule has 0 bridgehead atoms. The van der Waals surface area contributed by atoms with Gasteiger partial charge in [-0.15, -0.1) is 11.3 Å². The van der Waals surface area contributed by atoms with Crippen LogP contribution in [0.25, 0.3) is 0 Å². The fourth-order valence-corrected chi connectivity index (χ4v) is 4.26. The molecule has 102 valence electrons. The molecule has 2 rings (SSSR count). The van der Waals surface area contributed by atoms with Crippen molar-refractivity contribution in [3.63, 3.8) is 0 Å². The minimum atomic E-state index is -3.12. The van der Waals surface area contributed by atoms with Gasteiger partial charge in [-0.1, -0.05) is 6.07 Å². The van der Waals surface area contributed by atoms with Crippen LogP contribution in [-0.4, -0.2) is 44.7 Å². The zero-order valence-electron chi connectivity index (χ0n) is 10.6. The van der Waals surface area contributed by atoms with Crippen molar-refractivity contribution in [2.45, 2.75) is 25.3 Å². The smallest absolute Gasteiger partial charge is 0.215 e. The Kier molecular flexibility index (Phi) is 4.77. The Hall–Kier alpha value is -0.430. The Labute approximate surface area is 113 Å². The van der Waals surface area contributed by atoms with Gasteiger partial charge in [0, 0.05) is 24.5 Å². The van der Waals surface area contributed by atoms with E-state index in [9.17, 15) is 8.42 Å². The maximum Gasteiger partial charge on any atom is 0.215 e. The molecule has 1 aromatic rings. The van der Waals surface area contributed by atoms with Crippen LogP contribution in [-0.2, 0) is 16.4 Å². The summed E-state index contributed by atoms with van der Waals surface area (Å²) in [6.07, 6.45) is 2.85. The lowest BCUT2D eigenvalue weighted by Gasteiger charge is -2.19. The molecule has 1 N–H and O–H groups in total. The molecule has 0 amide bonds. The van der Waals surface area contributed by atoms with Gasteiger partial charge in [0.05, 0.1) is 5.75 Å². The third kappa shape index (κ3) is 3.78. The van der Waals surface area contributed by atoms with Gasteiger partial charge in [0.2, 0.25) is 10.0 Å². The molecule has 0 aromatic carbocycles. The fraction of sp³-hybridized carbons (Fsp3) is 0.667. The first kappa shape index (κ1) is 14.0. The van der Waals surface area contributed by atoms with Gasteiger partial charge in [-0.2, -0.15) is 0 Å². The molecule has 0 saturated carbocycles. The molecule has 2 heterocycles. The van der Waals surface area contributed by atoms with Crippen molar-refractivity contribution in [2.75, 3.05) is 25.9 Å². The van der Waals surface area contributed by atoms with Gasteiger partial charge in [0.25, 0.3) is 0 Å². The van der Waals surface area contributed by atoms with Crippen LogP contribution in [0.15, 0.2) is 17.5 Å². The molecular formula is C12H20N2O2S2. The van der Waals surface area contributed by atoms with Crippen molar-refractivity contribution in [1.82, 2.24) is 9.62 Å². The van der Waals surface area contributed by atoms with Gasteiger partial charge in [-0.05, 0) is 37.3 Å². The molecule has 6 heteroatoms. The molecular weight excluding hydrogens is 268 g/mol. The second-order valence-corrected chi connectivity index (χ2v) is 7.88. The Balaban J connectivity index is 1.84. The van der Waals surface area contributed by atoms with Gasteiger partial charge in [-0.25, -0.2) is 12.7 Å². The molecule has 1 saturated heterocycles. The van der Waals surface area contributed by atoms with Crippen molar-refractivity contribution >= 4 is 21.4 Å². The van der Waals surface area contributed by atoms with E-state index < -0.39 is 10.0 Å². The first-order valence-corrected chi connectivity index (χ1v) is 8.76. The highest BCUT2D eigenvalue weighted by Gasteiger charge is 2.25. The predicted octanol–water partition coefficient (Wildman–Crippen LogP) is 1.30. The van der Waals surface area contributed by atoms with Gasteiger partial charge in [0.15, 0.2) is 0 Å². The summed E-state index contributed by atoms with van der Waals surface area (Å²) >= 11 is 1.67. The molecule has 1 aromatic heterocycles. The van der Waals surface area contributed by atoms with Crippen LogP contribution >= 0.6 is 11.3 Å². The van der Waals surface area contributed by atoms with E-state index in [0.29, 0.717) is 6.54 Å². The number of rotatable bonds is 6. The highest BCUT2D eigenvalue weighted by Crippen LogP contribution is 2.13. The molecule has 1 fully saturated rings. The quantitative estimate of drug-likeness (QED) is 0.858. The zero-order chi connectivity index (χ0) is 13.0. The Morgan fingerprint density at radius 1 is 1.56 bits per heavy atom. The van der Waals surface area contributed by atoms with Crippen LogP contribution in [0.1, 0.15) is 17.7 Å². The van der Waals surface area contributed by atoms with Gasteiger partial charge < -0.3 is 5.32 Å². The topological polar surface area (TPSA) is 49.4 Å². The Morgan fingerprint density at radius 2 is 2.39 bits per heavy atom. The first-order valence-electron chi connectivity index (χ1n) is 6.28. The third-order valence-corrected chi connectivity index (χ3v) is 6.19. The van der Waals surface area contributed by atoms with Crippen LogP contribution in [0.4, 0.5) is 0 Å². The van der Waals surface area contributed by atoms with E-state index in [2.05, 4.69) is 5.32 Å². The lowest BCUT2D eigenvalue weighted by molar-refractivity contribution is 0.466. The van der Waals surface area contributed by atoms with Crippen LogP contribution in [0.2, 0.25) is 0 Å². The maximum atomic E-state index is 12.1. The second-order valence-electron chi connectivity index (χ2n) is 4.72. The van der Waals surface area contributed by atoms with E-state index in [0.717, 1.165) is 25.8 Å². The molecule has 1 atom stereocenters. The second kappa shape index (κ2) is 6.14. The molecule has 1 unspecified atom stereocenters. The minimum absolute atomic E-state index is 0.138. The van der Waals surface area contributed by atoms with E-state index in [1.807, 2.05) is 17.5 Å². The summed E-state index contributed by atoms with van der Waals surface area (Å²) in [5.41, 5.74) is 0. The van der Waals surface area contributed by atoms with Crippen molar-refractivity contribution < 1.29 is 8.42 Å². The molecule has 1 aliphatic heterocycles. The summed E-state index contributed by atoms with van der Waals surface area (Å²) in [5, 5.41) is 5.25. The summed E-state index contributed by atoms with van der Waals surface area (Å²) < 4.78 is 25.8. The fourth-order valence-electron chi connectivity index (χ4n) is 2.14. The largest absolute Gasteiger partial charge is 0.313 e. The Morgan fingerprint density at radius 3 is 3.00 bits per heavy atom. The summed E-state index contributed by atoms with van der Waals surface area (Å²) in [7, 11) is -1.44. The number of hydrogen-bond donors (Lipinski definition) is 1. The van der Waals surface area contributed by atoms with Crippen LogP contribution in [0, 0.1) is 0 Å². The molecule has 18 heavy (non-hydrogen) atoms. The lowest BCUT2D eigenvalue weighted by atomic mass is 10.3. The predicted molar refractivity (Wildman–Crippen MR) is 75.5 cm³/mol. The number of likely N-dealkylation sites (N-methyl/N-ethyl adjacent to an activating group) is 1. The lowest BCUT2D eigenvalue weighted by Crippen LogP contribution is -2.38. The van der Waals surface area contributed by atoms with Gasteiger partial charge >= 0.3 is 0 Å². The summed E-state index contributed by atoms with van der Waals surface area (Å²) in [4.78, 5) is 1.23. The first-order chi connectivity index (χ1) is 8.58. The molecule has 4 nitrogen and oxygen atoms in total. The summed E-state index contributed by atoms with van der Waals surface area (Å²) in [5.74, 6) is 0.230. The molecule has 1 aliphatic rings. The molecule has 0 aliphatic carbocycles. The number of sulfonamides is 1. The van der Waals surface area contributed by atoms with Crippen LogP contribution in [0.3, 0.4) is 0 Å². The van der Waals surface area contributed by atoms with E-state index in [-0.39, 0.29) is 11.8 Å². The molecule has 0 spiro atoms. The van der Waals surface area contributed by atoms with Crippen LogP contribution < -0.4 is 5.32 Å². The van der Waals surface area contributed by atoms with E-state index in [1.54, 1.807) is 18.4 Å². The van der Waals surface area contributed by atoms with E-state index in [1.165, 1.54) is 9.18 Å². The number of hydrogen-bond acceptors (Lipinski definition) is 4. The van der Waals surface area contributed by atoms with Crippen molar-refractivity contribution in [1.29, 1.82) is 0 Å². The zero-order valence-corrected chi connectivity index (χ0v) is 12.3. The van der Waals surface area contributed by atoms with Gasteiger partial charge in [-0.3, -0.25) is 0 Å². The van der Waals surface area contributed by atoms with Crippen molar-refractivity contribution in [3.05, 3.63) is 22.4 Å².